The highest BCUT2D eigenvalue weighted by Crippen LogP contribution is 2.17. The van der Waals surface area contributed by atoms with Gasteiger partial charge >= 0.3 is 0 Å². The molecule has 158 valence electrons. The first-order valence-corrected chi connectivity index (χ1v) is 10.1. The van der Waals surface area contributed by atoms with E-state index in [1.807, 2.05) is 43.8 Å². The van der Waals surface area contributed by atoms with Crippen molar-refractivity contribution in [1.82, 2.24) is 20.1 Å². The van der Waals surface area contributed by atoms with Crippen molar-refractivity contribution in [3.63, 3.8) is 0 Å². The first kappa shape index (κ1) is 24.5. The van der Waals surface area contributed by atoms with Crippen molar-refractivity contribution in [2.24, 2.45) is 4.99 Å². The number of halogens is 1. The second-order valence-corrected chi connectivity index (χ2v) is 6.81. The normalized spacial score (nSPS) is 13.9. The summed E-state index contributed by atoms with van der Waals surface area (Å²) >= 11 is 0. The van der Waals surface area contributed by atoms with Crippen LogP contribution in [0, 0.1) is 0 Å². The van der Waals surface area contributed by atoms with Gasteiger partial charge in [0.2, 0.25) is 5.91 Å². The number of hydrogen-bond acceptors (Lipinski definition) is 4. The summed E-state index contributed by atoms with van der Waals surface area (Å²) in [6.07, 6.45) is 4.40. The van der Waals surface area contributed by atoms with Gasteiger partial charge in [0.15, 0.2) is 5.96 Å². The van der Waals surface area contributed by atoms with Crippen molar-refractivity contribution in [2.45, 2.75) is 40.2 Å². The predicted octanol–water partition coefficient (Wildman–Crippen LogP) is 2.57. The molecule has 0 aromatic carbocycles. The number of carbonyl (C=O) groups excluding carboxylic acids is 1. The Kier molecular flexibility index (Phi) is 11.2. The first-order chi connectivity index (χ1) is 13.1. The van der Waals surface area contributed by atoms with Gasteiger partial charge < -0.3 is 20.0 Å². The molecule has 0 atom stereocenters. The van der Waals surface area contributed by atoms with Crippen LogP contribution in [0.3, 0.4) is 0 Å². The third kappa shape index (κ3) is 7.10. The number of rotatable bonds is 8. The highest BCUT2D eigenvalue weighted by Gasteiger charge is 2.15. The van der Waals surface area contributed by atoms with Gasteiger partial charge in [0.1, 0.15) is 5.82 Å². The number of carbonyl (C=O) groups is 1. The maximum absolute atomic E-state index is 12.3. The number of amides is 1. The average Bonchev–Trinajstić information content (AvgIpc) is 3.21. The van der Waals surface area contributed by atoms with Crippen LogP contribution in [0.5, 0.6) is 0 Å². The van der Waals surface area contributed by atoms with Crippen molar-refractivity contribution < 1.29 is 4.79 Å². The largest absolute Gasteiger partial charge is 0.357 e. The fourth-order valence-electron chi connectivity index (χ4n) is 3.23. The molecular weight excluding hydrogens is 467 g/mol. The van der Waals surface area contributed by atoms with Crippen LogP contribution in [-0.4, -0.2) is 73.0 Å². The molecule has 7 nitrogen and oxygen atoms in total. The molecule has 0 aliphatic carbocycles. The molecule has 1 aliphatic heterocycles. The van der Waals surface area contributed by atoms with Gasteiger partial charge in [-0.2, -0.15) is 0 Å². The van der Waals surface area contributed by atoms with Gasteiger partial charge in [-0.3, -0.25) is 4.79 Å². The Hall–Kier alpha value is -1.58. The predicted molar refractivity (Wildman–Crippen MR) is 126 cm³/mol. The minimum Gasteiger partial charge on any atom is -0.357 e. The molecular formula is C20H35IN6O. The molecule has 0 radical (unpaired) electrons. The average molecular weight is 502 g/mol. The van der Waals surface area contributed by atoms with Crippen molar-refractivity contribution in [2.75, 3.05) is 51.2 Å². The van der Waals surface area contributed by atoms with Gasteiger partial charge in [-0.1, -0.05) is 6.07 Å². The van der Waals surface area contributed by atoms with E-state index in [0.717, 1.165) is 50.1 Å². The molecule has 1 saturated heterocycles. The number of nitrogens with one attached hydrogen (secondary N) is 1. The van der Waals surface area contributed by atoms with Crippen molar-refractivity contribution in [3.8, 4) is 0 Å². The Bertz CT molecular complexity index is 612. The van der Waals surface area contributed by atoms with Gasteiger partial charge in [0.05, 0.1) is 13.1 Å². The van der Waals surface area contributed by atoms with E-state index in [1.54, 1.807) is 0 Å². The SMILES string of the molecule is CCNC(=NCc1ccc(N2CCCC2)nc1)N(C)CC(=O)N(CC)CC.I. The van der Waals surface area contributed by atoms with Crippen LogP contribution in [0.15, 0.2) is 23.3 Å². The Labute approximate surface area is 186 Å². The van der Waals surface area contributed by atoms with Crippen LogP contribution in [0.4, 0.5) is 5.82 Å². The van der Waals surface area contributed by atoms with E-state index in [1.165, 1.54) is 12.8 Å². The zero-order chi connectivity index (χ0) is 19.6. The van der Waals surface area contributed by atoms with Crippen LogP contribution in [0.1, 0.15) is 39.2 Å². The van der Waals surface area contributed by atoms with E-state index in [2.05, 4.69) is 32.3 Å². The lowest BCUT2D eigenvalue weighted by atomic mass is 10.3. The Balaban J connectivity index is 0.00000392. The van der Waals surface area contributed by atoms with Crippen LogP contribution in [0.2, 0.25) is 0 Å². The topological polar surface area (TPSA) is 64.1 Å². The number of nitrogens with zero attached hydrogens (tertiary/aromatic N) is 5. The first-order valence-electron chi connectivity index (χ1n) is 10.1. The third-order valence-electron chi connectivity index (χ3n) is 4.84. The Morgan fingerprint density at radius 2 is 1.89 bits per heavy atom. The minimum absolute atomic E-state index is 0. The smallest absolute Gasteiger partial charge is 0.242 e. The summed E-state index contributed by atoms with van der Waals surface area (Å²) in [6.45, 7) is 11.3. The molecule has 1 N–H and O–H groups in total. The molecule has 1 amide bonds. The van der Waals surface area contributed by atoms with Gasteiger partial charge in [0, 0.05) is 46.0 Å². The number of aliphatic imine (C=N–C) groups is 1. The number of pyridine rings is 1. The van der Waals surface area contributed by atoms with Crippen LogP contribution < -0.4 is 10.2 Å². The number of hydrogen-bond donors (Lipinski definition) is 1. The number of likely N-dealkylation sites (N-methyl/N-ethyl adjacent to an activating group) is 2. The lowest BCUT2D eigenvalue weighted by Crippen LogP contribution is -2.45. The molecule has 1 fully saturated rings. The van der Waals surface area contributed by atoms with E-state index in [-0.39, 0.29) is 29.9 Å². The van der Waals surface area contributed by atoms with Crippen LogP contribution in [-0.2, 0) is 11.3 Å². The summed E-state index contributed by atoms with van der Waals surface area (Å²) in [5.74, 6) is 1.90. The van der Waals surface area contributed by atoms with Gasteiger partial charge in [-0.05, 0) is 45.2 Å². The molecule has 1 aromatic rings. The fraction of sp³-hybridized carbons (Fsp3) is 0.650. The van der Waals surface area contributed by atoms with E-state index < -0.39 is 0 Å². The van der Waals surface area contributed by atoms with Gasteiger partial charge in [-0.15, -0.1) is 24.0 Å². The highest BCUT2D eigenvalue weighted by molar-refractivity contribution is 14.0. The van der Waals surface area contributed by atoms with Crippen LogP contribution >= 0.6 is 24.0 Å². The van der Waals surface area contributed by atoms with E-state index >= 15 is 0 Å². The molecule has 0 saturated carbocycles. The lowest BCUT2D eigenvalue weighted by molar-refractivity contribution is -0.131. The second-order valence-electron chi connectivity index (χ2n) is 6.81. The standard InChI is InChI=1S/C20H34N6O.HI/c1-5-21-20(24(4)16-19(27)25(6-2)7-3)23-15-17-10-11-18(22-14-17)26-12-8-9-13-26;/h10-11,14H,5-9,12-13,15-16H2,1-4H3,(H,21,23);1H. The van der Waals surface area contributed by atoms with Crippen LogP contribution in [0.25, 0.3) is 0 Å². The van der Waals surface area contributed by atoms with E-state index in [4.69, 9.17) is 0 Å². The molecule has 0 spiro atoms. The second kappa shape index (κ2) is 12.8. The molecule has 2 heterocycles. The maximum atomic E-state index is 12.3. The summed E-state index contributed by atoms with van der Waals surface area (Å²) in [7, 11) is 1.90. The molecule has 1 aliphatic rings. The summed E-state index contributed by atoms with van der Waals surface area (Å²) in [5.41, 5.74) is 1.07. The summed E-state index contributed by atoms with van der Waals surface area (Å²) in [5, 5.41) is 3.27. The molecule has 0 unspecified atom stereocenters. The zero-order valence-corrected chi connectivity index (χ0v) is 20.0. The number of guanidine groups is 1. The fourth-order valence-corrected chi connectivity index (χ4v) is 3.23. The highest BCUT2D eigenvalue weighted by atomic mass is 127. The van der Waals surface area contributed by atoms with E-state index in [0.29, 0.717) is 13.1 Å². The molecule has 8 heteroatoms. The van der Waals surface area contributed by atoms with E-state index in [9.17, 15) is 4.79 Å². The zero-order valence-electron chi connectivity index (χ0n) is 17.6. The maximum Gasteiger partial charge on any atom is 0.242 e. The molecule has 1 aromatic heterocycles. The van der Waals surface area contributed by atoms with Gasteiger partial charge in [0.25, 0.3) is 0 Å². The van der Waals surface area contributed by atoms with Gasteiger partial charge in [-0.25, -0.2) is 9.98 Å². The monoisotopic (exact) mass is 502 g/mol. The third-order valence-corrected chi connectivity index (χ3v) is 4.84. The molecule has 28 heavy (non-hydrogen) atoms. The summed E-state index contributed by atoms with van der Waals surface area (Å²) < 4.78 is 0. The molecule has 0 bridgehead atoms. The van der Waals surface area contributed by atoms with Crippen molar-refractivity contribution in [3.05, 3.63) is 23.9 Å². The minimum atomic E-state index is 0. The summed E-state index contributed by atoms with van der Waals surface area (Å²) in [4.78, 5) is 27.7. The Morgan fingerprint density at radius 1 is 1.21 bits per heavy atom. The summed E-state index contributed by atoms with van der Waals surface area (Å²) in [6, 6.07) is 4.17. The van der Waals surface area contributed by atoms with Crippen molar-refractivity contribution >= 4 is 41.7 Å². The van der Waals surface area contributed by atoms with Crippen molar-refractivity contribution in [1.29, 1.82) is 0 Å². The number of aromatic nitrogens is 1. The number of anilines is 1. The quantitative estimate of drug-likeness (QED) is 0.337. The lowest BCUT2D eigenvalue weighted by Gasteiger charge is -2.25. The molecule has 2 rings (SSSR count). The Morgan fingerprint density at radius 3 is 2.43 bits per heavy atom.